The molecule has 0 aliphatic carbocycles. The van der Waals surface area contributed by atoms with E-state index < -0.39 is 0 Å². The molecule has 0 aromatic carbocycles. The van der Waals surface area contributed by atoms with Crippen molar-refractivity contribution < 1.29 is 23.9 Å². The molecule has 41 heavy (non-hydrogen) atoms. The van der Waals surface area contributed by atoms with Gasteiger partial charge in [-0.25, -0.2) is 0 Å². The molecule has 0 heterocycles. The van der Waals surface area contributed by atoms with Crippen molar-refractivity contribution in [2.24, 2.45) is 0 Å². The fourth-order valence-electron chi connectivity index (χ4n) is 4.85. The van der Waals surface area contributed by atoms with E-state index in [1.54, 1.807) is 4.90 Å². The van der Waals surface area contributed by atoms with Crippen LogP contribution in [0.3, 0.4) is 0 Å². The third-order valence-electron chi connectivity index (χ3n) is 7.43. The van der Waals surface area contributed by atoms with E-state index in [-0.39, 0.29) is 36.1 Å². The second-order valence-corrected chi connectivity index (χ2v) is 11.7. The Morgan fingerprint density at radius 1 is 0.634 bits per heavy atom. The zero-order valence-corrected chi connectivity index (χ0v) is 27.7. The smallest absolute Gasteiger partial charge is 0.306 e. The van der Waals surface area contributed by atoms with E-state index in [4.69, 9.17) is 9.47 Å². The SMILES string of the molecule is CCCCCC/C=C\COC(=O)CCCN(CCCC(=O)OC(CCCCCCC)CCCCCCCC)C(=O)S. The van der Waals surface area contributed by atoms with Crippen molar-refractivity contribution in [3.63, 3.8) is 0 Å². The Labute approximate surface area is 258 Å². The highest BCUT2D eigenvalue weighted by molar-refractivity contribution is 7.96. The average molecular weight is 598 g/mol. The topological polar surface area (TPSA) is 72.9 Å². The number of amides is 1. The van der Waals surface area contributed by atoms with Gasteiger partial charge in [-0.3, -0.25) is 14.4 Å². The molecule has 0 fully saturated rings. The van der Waals surface area contributed by atoms with Gasteiger partial charge in [0.05, 0.1) is 0 Å². The summed E-state index contributed by atoms with van der Waals surface area (Å²) in [6.07, 6.45) is 26.8. The van der Waals surface area contributed by atoms with Crippen LogP contribution in [0.4, 0.5) is 4.79 Å². The highest BCUT2D eigenvalue weighted by atomic mass is 32.1. The molecular weight excluding hydrogens is 534 g/mol. The van der Waals surface area contributed by atoms with Gasteiger partial charge in [-0.2, -0.15) is 0 Å². The summed E-state index contributed by atoms with van der Waals surface area (Å²) < 4.78 is 11.1. The van der Waals surface area contributed by atoms with Crippen LogP contribution in [0.5, 0.6) is 0 Å². The van der Waals surface area contributed by atoms with Crippen molar-refractivity contribution in [1.82, 2.24) is 4.90 Å². The molecule has 6 nitrogen and oxygen atoms in total. The maximum atomic E-state index is 12.6. The van der Waals surface area contributed by atoms with Crippen LogP contribution >= 0.6 is 12.6 Å². The van der Waals surface area contributed by atoms with Crippen molar-refractivity contribution in [2.45, 2.75) is 168 Å². The van der Waals surface area contributed by atoms with E-state index in [1.165, 1.54) is 83.5 Å². The summed E-state index contributed by atoms with van der Waals surface area (Å²) >= 11 is 3.98. The fraction of sp³-hybridized carbons (Fsp3) is 0.853. The molecular formula is C34H63NO5S. The van der Waals surface area contributed by atoms with Crippen molar-refractivity contribution >= 4 is 29.8 Å². The van der Waals surface area contributed by atoms with Gasteiger partial charge in [-0.1, -0.05) is 123 Å². The molecule has 0 spiro atoms. The summed E-state index contributed by atoms with van der Waals surface area (Å²) in [6.45, 7) is 7.77. The predicted octanol–water partition coefficient (Wildman–Crippen LogP) is 9.99. The molecule has 1 unspecified atom stereocenters. The van der Waals surface area contributed by atoms with Crippen molar-refractivity contribution in [3.8, 4) is 0 Å². The molecule has 0 radical (unpaired) electrons. The van der Waals surface area contributed by atoms with Gasteiger partial charge in [0.2, 0.25) is 0 Å². The van der Waals surface area contributed by atoms with Gasteiger partial charge in [0.15, 0.2) is 0 Å². The zero-order valence-electron chi connectivity index (χ0n) is 26.8. The first-order chi connectivity index (χ1) is 19.9. The maximum Gasteiger partial charge on any atom is 0.306 e. The lowest BCUT2D eigenvalue weighted by Crippen LogP contribution is -2.29. The summed E-state index contributed by atoms with van der Waals surface area (Å²) in [5.41, 5.74) is 0. The first-order valence-corrected chi connectivity index (χ1v) is 17.4. The Kier molecular flexibility index (Phi) is 28.9. The maximum absolute atomic E-state index is 12.6. The molecule has 0 rings (SSSR count). The van der Waals surface area contributed by atoms with Gasteiger partial charge in [0.1, 0.15) is 12.7 Å². The van der Waals surface area contributed by atoms with Crippen molar-refractivity contribution in [3.05, 3.63) is 12.2 Å². The number of nitrogens with zero attached hydrogens (tertiary/aromatic N) is 1. The molecule has 7 heteroatoms. The van der Waals surface area contributed by atoms with E-state index in [0.717, 1.165) is 32.1 Å². The number of unbranched alkanes of at least 4 members (excludes halogenated alkanes) is 13. The highest BCUT2D eigenvalue weighted by Crippen LogP contribution is 2.18. The van der Waals surface area contributed by atoms with Gasteiger partial charge in [-0.05, 0) is 51.4 Å². The van der Waals surface area contributed by atoms with Gasteiger partial charge in [0, 0.05) is 25.9 Å². The van der Waals surface area contributed by atoms with Crippen LogP contribution in [0.2, 0.25) is 0 Å². The Balaban J connectivity index is 4.30. The number of allylic oxidation sites excluding steroid dienone is 1. The van der Waals surface area contributed by atoms with Gasteiger partial charge >= 0.3 is 11.9 Å². The minimum absolute atomic E-state index is 0.000157. The standard InChI is InChI=1S/C34H63NO5S/c1-4-7-10-13-15-18-21-30-39-32(36)26-22-28-35(34(38)41)29-23-27-33(37)40-31(24-19-16-12-9-6-3)25-20-17-14-11-8-5-2/h18,21,31H,4-17,19-20,22-30H2,1-3H3,(H,38,41)/b21-18-. The van der Waals surface area contributed by atoms with E-state index in [1.807, 2.05) is 6.08 Å². The Morgan fingerprint density at radius 3 is 1.66 bits per heavy atom. The quantitative estimate of drug-likeness (QED) is 0.0402. The first kappa shape index (κ1) is 39.5. The van der Waals surface area contributed by atoms with Crippen LogP contribution < -0.4 is 0 Å². The molecule has 240 valence electrons. The van der Waals surface area contributed by atoms with E-state index in [0.29, 0.717) is 32.5 Å². The number of ether oxygens (including phenoxy) is 2. The molecule has 1 amide bonds. The number of rotatable bonds is 29. The summed E-state index contributed by atoms with van der Waals surface area (Å²) in [7, 11) is 0. The summed E-state index contributed by atoms with van der Waals surface area (Å²) in [4.78, 5) is 38.2. The minimum Gasteiger partial charge on any atom is -0.462 e. The number of carbonyl (C=O) groups excluding carboxylic acids is 3. The van der Waals surface area contributed by atoms with Crippen molar-refractivity contribution in [1.29, 1.82) is 0 Å². The number of hydrogen-bond acceptors (Lipinski definition) is 5. The molecule has 0 aromatic rings. The number of esters is 2. The third-order valence-corrected chi connectivity index (χ3v) is 7.71. The molecule has 0 N–H and O–H groups in total. The molecule has 0 saturated carbocycles. The second kappa shape index (κ2) is 30.0. The number of hydrogen-bond donors (Lipinski definition) is 1. The van der Waals surface area contributed by atoms with Gasteiger partial charge in [0.25, 0.3) is 5.24 Å². The van der Waals surface area contributed by atoms with E-state index >= 15 is 0 Å². The number of thiol groups is 1. The second-order valence-electron chi connectivity index (χ2n) is 11.4. The zero-order chi connectivity index (χ0) is 30.4. The van der Waals surface area contributed by atoms with Gasteiger partial charge in [-0.15, -0.1) is 0 Å². The number of carbonyl (C=O) groups is 3. The molecule has 0 aliphatic heterocycles. The highest BCUT2D eigenvalue weighted by Gasteiger charge is 2.16. The van der Waals surface area contributed by atoms with Crippen LogP contribution in [0.15, 0.2) is 12.2 Å². The van der Waals surface area contributed by atoms with Crippen molar-refractivity contribution in [2.75, 3.05) is 19.7 Å². The Bertz CT molecular complexity index is 670. The van der Waals surface area contributed by atoms with Crippen LogP contribution in [0, 0.1) is 0 Å². The largest absolute Gasteiger partial charge is 0.462 e. The normalized spacial score (nSPS) is 12.0. The first-order valence-electron chi connectivity index (χ1n) is 16.9. The lowest BCUT2D eigenvalue weighted by atomic mass is 10.0. The molecule has 0 aliphatic rings. The molecule has 1 atom stereocenters. The summed E-state index contributed by atoms with van der Waals surface area (Å²) in [6, 6.07) is 0. The Hall–Kier alpha value is -1.50. The molecule has 0 saturated heterocycles. The van der Waals surface area contributed by atoms with E-state index in [2.05, 4.69) is 39.5 Å². The third kappa shape index (κ3) is 27.1. The molecule has 0 bridgehead atoms. The molecule has 0 aromatic heterocycles. The van der Waals surface area contributed by atoms with E-state index in [9.17, 15) is 14.4 Å². The van der Waals surface area contributed by atoms with Crippen LogP contribution in [0.25, 0.3) is 0 Å². The van der Waals surface area contributed by atoms with Crippen LogP contribution in [-0.2, 0) is 19.1 Å². The monoisotopic (exact) mass is 597 g/mol. The summed E-state index contributed by atoms with van der Waals surface area (Å²) in [5, 5.41) is -0.342. The minimum atomic E-state index is -0.342. The Morgan fingerprint density at radius 2 is 1.12 bits per heavy atom. The average Bonchev–Trinajstić information content (AvgIpc) is 2.95. The van der Waals surface area contributed by atoms with Gasteiger partial charge < -0.3 is 14.4 Å². The predicted molar refractivity (Wildman–Crippen MR) is 175 cm³/mol. The van der Waals surface area contributed by atoms with Crippen LogP contribution in [0.1, 0.15) is 162 Å². The van der Waals surface area contributed by atoms with Crippen LogP contribution in [-0.4, -0.2) is 47.9 Å². The summed E-state index contributed by atoms with van der Waals surface area (Å²) in [5.74, 6) is -0.440. The fourth-order valence-corrected chi connectivity index (χ4v) is 5.05. The lowest BCUT2D eigenvalue weighted by Gasteiger charge is -2.21. The lowest BCUT2D eigenvalue weighted by molar-refractivity contribution is -0.150.